The molecular formula is C36H27ClIN3O3S. The molecule has 3 amide bonds. The normalized spacial score (nSPS) is 11.7. The highest BCUT2D eigenvalue weighted by atomic mass is 127. The van der Waals surface area contributed by atoms with Gasteiger partial charge < -0.3 is 16.0 Å². The number of carbonyl (C=O) groups excluding carboxylic acids is 3. The monoisotopic (exact) mass is 743 g/mol. The Morgan fingerprint density at radius 1 is 0.711 bits per heavy atom. The lowest BCUT2D eigenvalue weighted by Crippen LogP contribution is -2.30. The fourth-order valence-corrected chi connectivity index (χ4v) is 5.97. The number of anilines is 2. The molecule has 0 saturated heterocycles. The van der Waals surface area contributed by atoms with E-state index in [9.17, 15) is 14.4 Å². The molecule has 9 heteroatoms. The van der Waals surface area contributed by atoms with E-state index in [1.807, 2.05) is 66.7 Å². The van der Waals surface area contributed by atoms with Crippen molar-refractivity contribution in [1.29, 1.82) is 0 Å². The van der Waals surface area contributed by atoms with Gasteiger partial charge in [-0.15, -0.1) is 11.8 Å². The van der Waals surface area contributed by atoms with Crippen molar-refractivity contribution in [2.75, 3.05) is 10.6 Å². The molecule has 0 bridgehead atoms. The summed E-state index contributed by atoms with van der Waals surface area (Å²) >= 11 is 9.76. The van der Waals surface area contributed by atoms with Gasteiger partial charge in [0.1, 0.15) is 10.9 Å². The molecule has 224 valence electrons. The summed E-state index contributed by atoms with van der Waals surface area (Å²) in [6, 6.07) is 40.0. The van der Waals surface area contributed by atoms with Crippen LogP contribution in [0.25, 0.3) is 6.08 Å². The molecule has 0 aliphatic rings. The number of hydrogen-bond acceptors (Lipinski definition) is 4. The fourth-order valence-electron chi connectivity index (χ4n) is 4.33. The second-order valence-corrected chi connectivity index (χ2v) is 12.7. The predicted molar refractivity (Wildman–Crippen MR) is 191 cm³/mol. The molecule has 0 aromatic heterocycles. The quantitative estimate of drug-likeness (QED) is 0.0759. The summed E-state index contributed by atoms with van der Waals surface area (Å²) < 4.78 is 1.07. The van der Waals surface area contributed by atoms with Crippen LogP contribution in [0.2, 0.25) is 5.02 Å². The topological polar surface area (TPSA) is 87.3 Å². The van der Waals surface area contributed by atoms with Gasteiger partial charge >= 0.3 is 0 Å². The zero-order chi connectivity index (χ0) is 31.6. The van der Waals surface area contributed by atoms with Crippen molar-refractivity contribution >= 4 is 81.1 Å². The SMILES string of the molecule is O=C(Nc1cccc(SC(C(=O)Nc2ccc(I)cc2)c2ccccc2)c1)/C(=C/c1cccc(Cl)c1)NC(=O)c1ccccc1. The summed E-state index contributed by atoms with van der Waals surface area (Å²) in [6.45, 7) is 0. The number of nitrogens with one attached hydrogen (secondary N) is 3. The van der Waals surface area contributed by atoms with Gasteiger partial charge in [0.25, 0.3) is 11.8 Å². The van der Waals surface area contributed by atoms with E-state index in [1.54, 1.807) is 72.8 Å². The lowest BCUT2D eigenvalue weighted by atomic mass is 10.1. The van der Waals surface area contributed by atoms with E-state index in [4.69, 9.17) is 11.6 Å². The summed E-state index contributed by atoms with van der Waals surface area (Å²) in [5.74, 6) is -1.11. The number of amides is 3. The molecule has 0 aliphatic heterocycles. The maximum absolute atomic E-state index is 13.6. The summed E-state index contributed by atoms with van der Waals surface area (Å²) in [6.07, 6.45) is 1.57. The minimum Gasteiger partial charge on any atom is -0.325 e. The third-order valence-corrected chi connectivity index (χ3v) is 8.69. The van der Waals surface area contributed by atoms with Crippen LogP contribution in [0.1, 0.15) is 26.7 Å². The van der Waals surface area contributed by atoms with Gasteiger partial charge in [-0.05, 0) is 107 Å². The molecule has 5 aromatic carbocycles. The number of benzene rings is 5. The smallest absolute Gasteiger partial charge is 0.272 e. The van der Waals surface area contributed by atoms with Gasteiger partial charge in [0.05, 0.1) is 0 Å². The molecule has 1 atom stereocenters. The third kappa shape index (κ3) is 9.31. The van der Waals surface area contributed by atoms with E-state index in [0.29, 0.717) is 27.5 Å². The Morgan fingerprint density at radius 2 is 1.40 bits per heavy atom. The second kappa shape index (κ2) is 15.6. The Labute approximate surface area is 284 Å². The highest BCUT2D eigenvalue weighted by Crippen LogP contribution is 2.37. The molecule has 0 fully saturated rings. The summed E-state index contributed by atoms with van der Waals surface area (Å²) in [5.41, 5.74) is 3.16. The van der Waals surface area contributed by atoms with Gasteiger partial charge in [-0.2, -0.15) is 0 Å². The average Bonchev–Trinajstić information content (AvgIpc) is 3.05. The van der Waals surface area contributed by atoms with E-state index in [2.05, 4.69) is 38.5 Å². The Morgan fingerprint density at radius 3 is 2.11 bits per heavy atom. The third-order valence-electron chi connectivity index (χ3n) is 6.49. The van der Waals surface area contributed by atoms with E-state index >= 15 is 0 Å². The Hall–Kier alpha value is -4.38. The Kier molecular flexibility index (Phi) is 11.1. The maximum atomic E-state index is 13.6. The molecule has 5 aromatic rings. The van der Waals surface area contributed by atoms with Crippen LogP contribution in [-0.4, -0.2) is 17.7 Å². The van der Waals surface area contributed by atoms with Crippen molar-refractivity contribution < 1.29 is 14.4 Å². The van der Waals surface area contributed by atoms with Crippen molar-refractivity contribution in [3.05, 3.63) is 164 Å². The number of carbonyl (C=O) groups is 3. The standard InChI is InChI=1S/C36H27ClIN3O3S/c37-27-14-7-9-24(21-27)22-32(41-34(42)26-12-5-2-6-13-26)35(43)40-30-15-8-16-31(23-30)45-33(25-10-3-1-4-11-25)36(44)39-29-19-17-28(38)18-20-29/h1-23,33H,(H,39,44)(H,40,43)(H,41,42)/b32-22-. The van der Waals surface area contributed by atoms with E-state index in [1.165, 1.54) is 11.8 Å². The fraction of sp³-hybridized carbons (Fsp3) is 0.0278. The van der Waals surface area contributed by atoms with Gasteiger partial charge in [-0.1, -0.05) is 78.3 Å². The van der Waals surface area contributed by atoms with Crippen molar-refractivity contribution in [3.8, 4) is 0 Å². The van der Waals surface area contributed by atoms with Crippen molar-refractivity contribution in [2.45, 2.75) is 10.1 Å². The molecule has 0 radical (unpaired) electrons. The van der Waals surface area contributed by atoms with Crippen LogP contribution in [0.5, 0.6) is 0 Å². The Bertz CT molecular complexity index is 1830. The molecule has 5 rings (SSSR count). The lowest BCUT2D eigenvalue weighted by molar-refractivity contribution is -0.116. The zero-order valence-electron chi connectivity index (χ0n) is 23.7. The van der Waals surface area contributed by atoms with Crippen LogP contribution in [0, 0.1) is 3.57 Å². The highest BCUT2D eigenvalue weighted by Gasteiger charge is 2.23. The van der Waals surface area contributed by atoms with Crippen molar-refractivity contribution in [1.82, 2.24) is 5.32 Å². The molecule has 0 aliphatic carbocycles. The summed E-state index contributed by atoms with van der Waals surface area (Å²) in [5, 5.41) is 8.60. The summed E-state index contributed by atoms with van der Waals surface area (Å²) in [4.78, 5) is 40.8. The summed E-state index contributed by atoms with van der Waals surface area (Å²) in [7, 11) is 0. The first-order chi connectivity index (χ1) is 21.8. The molecule has 3 N–H and O–H groups in total. The van der Waals surface area contributed by atoms with Crippen LogP contribution in [0.15, 0.2) is 144 Å². The predicted octanol–water partition coefficient (Wildman–Crippen LogP) is 8.83. The van der Waals surface area contributed by atoms with Gasteiger partial charge in [0.2, 0.25) is 5.91 Å². The number of rotatable bonds is 10. The second-order valence-electron chi connectivity index (χ2n) is 9.82. The van der Waals surface area contributed by atoms with E-state index < -0.39 is 17.1 Å². The van der Waals surface area contributed by atoms with Crippen molar-refractivity contribution in [2.24, 2.45) is 0 Å². The molecule has 6 nitrogen and oxygen atoms in total. The number of halogens is 2. The van der Waals surface area contributed by atoms with Crippen LogP contribution in [-0.2, 0) is 9.59 Å². The van der Waals surface area contributed by atoms with Crippen LogP contribution in [0.4, 0.5) is 11.4 Å². The largest absolute Gasteiger partial charge is 0.325 e. The Balaban J connectivity index is 1.37. The maximum Gasteiger partial charge on any atom is 0.272 e. The van der Waals surface area contributed by atoms with Crippen LogP contribution < -0.4 is 16.0 Å². The highest BCUT2D eigenvalue weighted by molar-refractivity contribution is 14.1. The van der Waals surface area contributed by atoms with E-state index in [-0.39, 0.29) is 11.6 Å². The first-order valence-electron chi connectivity index (χ1n) is 13.9. The lowest BCUT2D eigenvalue weighted by Gasteiger charge is -2.18. The van der Waals surface area contributed by atoms with Gasteiger partial charge in [0, 0.05) is 30.4 Å². The molecule has 1 unspecified atom stereocenters. The first kappa shape index (κ1) is 32.0. The molecular weight excluding hydrogens is 717 g/mol. The number of thioether (sulfide) groups is 1. The van der Waals surface area contributed by atoms with E-state index in [0.717, 1.165) is 14.0 Å². The zero-order valence-corrected chi connectivity index (χ0v) is 27.5. The molecule has 0 heterocycles. The molecule has 45 heavy (non-hydrogen) atoms. The molecule has 0 spiro atoms. The van der Waals surface area contributed by atoms with Crippen LogP contribution in [0.3, 0.4) is 0 Å². The van der Waals surface area contributed by atoms with Gasteiger partial charge in [-0.25, -0.2) is 0 Å². The van der Waals surface area contributed by atoms with Gasteiger partial charge in [0.15, 0.2) is 0 Å². The minimum absolute atomic E-state index is 0.0447. The van der Waals surface area contributed by atoms with Gasteiger partial charge in [-0.3, -0.25) is 14.4 Å². The van der Waals surface area contributed by atoms with Crippen molar-refractivity contribution in [3.63, 3.8) is 0 Å². The minimum atomic E-state index is -0.556. The average molecular weight is 744 g/mol. The number of hydrogen-bond donors (Lipinski definition) is 3. The van der Waals surface area contributed by atoms with Crippen LogP contribution >= 0.6 is 46.0 Å². The first-order valence-corrected chi connectivity index (χ1v) is 16.2. The molecule has 0 saturated carbocycles.